The highest BCUT2D eigenvalue weighted by Crippen LogP contribution is 2.46. The van der Waals surface area contributed by atoms with Gasteiger partial charge in [0.15, 0.2) is 5.79 Å². The largest absolute Gasteiger partial charge is 0.348 e. The smallest absolute Gasteiger partial charge is 0.168 e. The Labute approximate surface area is 111 Å². The predicted molar refractivity (Wildman–Crippen MR) is 66.8 cm³/mol. The van der Waals surface area contributed by atoms with Gasteiger partial charge >= 0.3 is 0 Å². The summed E-state index contributed by atoms with van der Waals surface area (Å²) in [6.07, 6.45) is 2.44. The van der Waals surface area contributed by atoms with Crippen LogP contribution in [0.3, 0.4) is 0 Å². The van der Waals surface area contributed by atoms with E-state index in [9.17, 15) is 9.65 Å². The van der Waals surface area contributed by atoms with Crippen LogP contribution < -0.4 is 0 Å². The van der Waals surface area contributed by atoms with Gasteiger partial charge in [-0.25, -0.2) is 4.39 Å². The summed E-state index contributed by atoms with van der Waals surface area (Å²) in [4.78, 5) is 0. The van der Waals surface area contributed by atoms with Gasteiger partial charge in [0.05, 0.1) is 24.7 Å². The molecule has 2 fully saturated rings. The average molecular weight is 261 g/mol. The predicted octanol–water partition coefficient (Wildman–Crippen LogP) is 2.90. The normalized spacial score (nSPS) is 24.2. The molecule has 1 heterocycles. The molecule has 2 aliphatic rings. The van der Waals surface area contributed by atoms with Gasteiger partial charge in [-0.2, -0.15) is 5.26 Å². The quantitative estimate of drug-likeness (QED) is 0.780. The zero-order valence-electron chi connectivity index (χ0n) is 10.7. The molecule has 1 saturated carbocycles. The van der Waals surface area contributed by atoms with Crippen LogP contribution in [0, 0.1) is 17.1 Å². The maximum Gasteiger partial charge on any atom is 0.168 e. The fraction of sp³-hybridized carbons (Fsp3) is 0.533. The summed E-state index contributed by atoms with van der Waals surface area (Å²) >= 11 is 0. The number of benzene rings is 1. The van der Waals surface area contributed by atoms with E-state index in [4.69, 9.17) is 9.47 Å². The van der Waals surface area contributed by atoms with Gasteiger partial charge in [0, 0.05) is 18.4 Å². The van der Waals surface area contributed by atoms with Crippen LogP contribution in [0.2, 0.25) is 0 Å². The van der Waals surface area contributed by atoms with Crippen molar-refractivity contribution in [2.24, 2.45) is 0 Å². The Kier molecular flexibility index (Phi) is 3.04. The molecule has 0 unspecified atom stereocenters. The third-order valence-corrected chi connectivity index (χ3v) is 4.28. The monoisotopic (exact) mass is 261 g/mol. The first-order valence-electron chi connectivity index (χ1n) is 6.64. The van der Waals surface area contributed by atoms with E-state index in [-0.39, 0.29) is 5.82 Å². The van der Waals surface area contributed by atoms with Crippen molar-refractivity contribution in [3.63, 3.8) is 0 Å². The number of nitriles is 1. The molecule has 1 aromatic rings. The van der Waals surface area contributed by atoms with E-state index in [1.165, 1.54) is 6.07 Å². The fourth-order valence-electron chi connectivity index (χ4n) is 3.13. The molecule has 19 heavy (non-hydrogen) atoms. The van der Waals surface area contributed by atoms with Gasteiger partial charge in [-0.1, -0.05) is 18.2 Å². The lowest BCUT2D eigenvalue weighted by molar-refractivity contribution is -0.182. The molecule has 3 rings (SSSR count). The molecule has 100 valence electrons. The number of rotatable bonds is 1. The van der Waals surface area contributed by atoms with Crippen LogP contribution in [0.5, 0.6) is 0 Å². The van der Waals surface area contributed by atoms with Crippen molar-refractivity contribution in [3.8, 4) is 6.07 Å². The molecule has 0 bridgehead atoms. The Morgan fingerprint density at radius 3 is 2.26 bits per heavy atom. The van der Waals surface area contributed by atoms with Crippen molar-refractivity contribution in [2.45, 2.75) is 36.9 Å². The molecule has 1 aromatic carbocycles. The minimum atomic E-state index is -0.744. The fourth-order valence-corrected chi connectivity index (χ4v) is 3.13. The molecular weight excluding hydrogens is 245 g/mol. The first-order chi connectivity index (χ1) is 9.20. The molecule has 1 saturated heterocycles. The van der Waals surface area contributed by atoms with Crippen molar-refractivity contribution in [3.05, 3.63) is 35.6 Å². The minimum absolute atomic E-state index is 0.298. The lowest BCUT2D eigenvalue weighted by Crippen LogP contribution is -2.41. The molecule has 4 heteroatoms. The molecule has 0 N–H and O–H groups in total. The molecular formula is C15H16FNO2. The van der Waals surface area contributed by atoms with E-state index in [1.54, 1.807) is 18.2 Å². The van der Waals surface area contributed by atoms with Crippen LogP contribution >= 0.6 is 0 Å². The maximum absolute atomic E-state index is 14.0. The van der Waals surface area contributed by atoms with Crippen molar-refractivity contribution in [1.82, 2.24) is 0 Å². The van der Waals surface area contributed by atoms with Gasteiger partial charge in [-0.3, -0.25) is 0 Å². The van der Waals surface area contributed by atoms with Crippen LogP contribution in [0.1, 0.15) is 31.2 Å². The van der Waals surface area contributed by atoms with Gasteiger partial charge in [0.2, 0.25) is 0 Å². The summed E-state index contributed by atoms with van der Waals surface area (Å²) in [6, 6.07) is 8.90. The Morgan fingerprint density at radius 1 is 1.05 bits per heavy atom. The molecule has 1 aliphatic heterocycles. The van der Waals surface area contributed by atoms with Gasteiger partial charge in [0.1, 0.15) is 5.82 Å². The van der Waals surface area contributed by atoms with Crippen LogP contribution in [0.15, 0.2) is 24.3 Å². The first kappa shape index (κ1) is 12.6. The Hall–Kier alpha value is -1.44. The number of nitrogens with zero attached hydrogens (tertiary/aromatic N) is 1. The van der Waals surface area contributed by atoms with Crippen LogP contribution in [-0.2, 0) is 14.9 Å². The second-order valence-corrected chi connectivity index (χ2v) is 5.28. The SMILES string of the molecule is N#CC1(c2ccccc2F)CCC2(CC1)OCCO2. The number of halogens is 1. The average Bonchev–Trinajstić information content (AvgIpc) is 2.90. The summed E-state index contributed by atoms with van der Waals surface area (Å²) in [7, 11) is 0. The van der Waals surface area contributed by atoms with Gasteiger partial charge < -0.3 is 9.47 Å². The van der Waals surface area contributed by atoms with E-state index in [0.29, 0.717) is 44.5 Å². The molecule has 1 aliphatic carbocycles. The number of hydrogen-bond donors (Lipinski definition) is 0. The van der Waals surface area contributed by atoms with Gasteiger partial charge in [0.25, 0.3) is 0 Å². The highest BCUT2D eigenvalue weighted by Gasteiger charge is 2.48. The third-order valence-electron chi connectivity index (χ3n) is 4.28. The number of ether oxygens (including phenoxy) is 2. The summed E-state index contributed by atoms with van der Waals surface area (Å²) in [5.74, 6) is -0.820. The summed E-state index contributed by atoms with van der Waals surface area (Å²) in [5, 5.41) is 9.55. The van der Waals surface area contributed by atoms with Crippen molar-refractivity contribution in [1.29, 1.82) is 5.26 Å². The van der Waals surface area contributed by atoms with E-state index in [2.05, 4.69) is 6.07 Å². The Morgan fingerprint density at radius 2 is 1.68 bits per heavy atom. The standard InChI is InChI=1S/C15H16FNO2/c16-13-4-2-1-3-12(13)14(11-17)5-7-15(8-6-14)18-9-10-19-15/h1-4H,5-10H2. The molecule has 0 amide bonds. The first-order valence-corrected chi connectivity index (χ1v) is 6.64. The molecule has 0 radical (unpaired) electrons. The second-order valence-electron chi connectivity index (χ2n) is 5.28. The van der Waals surface area contributed by atoms with E-state index < -0.39 is 11.2 Å². The molecule has 0 aromatic heterocycles. The highest BCUT2D eigenvalue weighted by molar-refractivity contribution is 5.34. The van der Waals surface area contributed by atoms with Crippen LogP contribution in [-0.4, -0.2) is 19.0 Å². The second kappa shape index (κ2) is 4.59. The van der Waals surface area contributed by atoms with Crippen molar-refractivity contribution < 1.29 is 13.9 Å². The lowest BCUT2D eigenvalue weighted by Gasteiger charge is -2.40. The van der Waals surface area contributed by atoms with Gasteiger partial charge in [-0.05, 0) is 18.9 Å². The zero-order valence-corrected chi connectivity index (χ0v) is 10.7. The van der Waals surface area contributed by atoms with Crippen LogP contribution in [0.25, 0.3) is 0 Å². The highest BCUT2D eigenvalue weighted by atomic mass is 19.1. The number of hydrogen-bond acceptors (Lipinski definition) is 3. The Balaban J connectivity index is 1.87. The summed E-state index contributed by atoms with van der Waals surface area (Å²) in [6.45, 7) is 1.22. The van der Waals surface area contributed by atoms with E-state index in [1.807, 2.05) is 0 Å². The van der Waals surface area contributed by atoms with Crippen LogP contribution in [0.4, 0.5) is 4.39 Å². The maximum atomic E-state index is 14.0. The molecule has 3 nitrogen and oxygen atoms in total. The Bertz CT molecular complexity index is 507. The van der Waals surface area contributed by atoms with E-state index in [0.717, 1.165) is 0 Å². The lowest BCUT2D eigenvalue weighted by atomic mass is 9.68. The summed E-state index contributed by atoms with van der Waals surface area (Å²) < 4.78 is 25.3. The zero-order chi connectivity index (χ0) is 13.3. The van der Waals surface area contributed by atoms with E-state index >= 15 is 0 Å². The topological polar surface area (TPSA) is 42.2 Å². The van der Waals surface area contributed by atoms with Crippen molar-refractivity contribution in [2.75, 3.05) is 13.2 Å². The summed E-state index contributed by atoms with van der Waals surface area (Å²) in [5.41, 5.74) is -0.239. The minimum Gasteiger partial charge on any atom is -0.348 e. The third kappa shape index (κ3) is 2.03. The molecule has 0 atom stereocenters. The molecule has 1 spiro atoms. The van der Waals surface area contributed by atoms with Gasteiger partial charge in [-0.15, -0.1) is 0 Å². The van der Waals surface area contributed by atoms with Crippen molar-refractivity contribution >= 4 is 0 Å².